The van der Waals surface area contributed by atoms with Gasteiger partial charge >= 0.3 is 0 Å². The van der Waals surface area contributed by atoms with E-state index < -0.39 is 4.92 Å². The van der Waals surface area contributed by atoms with Crippen LogP contribution in [0.3, 0.4) is 0 Å². The Labute approximate surface area is 96.6 Å². The van der Waals surface area contributed by atoms with Crippen LogP contribution in [0.4, 0.5) is 5.69 Å². The van der Waals surface area contributed by atoms with Crippen LogP contribution in [0.25, 0.3) is 11.3 Å². The molecule has 0 atom stereocenters. The highest BCUT2D eigenvalue weighted by Crippen LogP contribution is 2.27. The predicted octanol–water partition coefficient (Wildman–Crippen LogP) is 1.85. The van der Waals surface area contributed by atoms with E-state index in [9.17, 15) is 10.1 Å². The van der Waals surface area contributed by atoms with Crippen molar-refractivity contribution < 1.29 is 9.66 Å². The minimum atomic E-state index is -0.417. The smallest absolute Gasteiger partial charge is 0.269 e. The molecule has 0 spiro atoms. The van der Waals surface area contributed by atoms with Gasteiger partial charge in [0.25, 0.3) is 5.69 Å². The van der Waals surface area contributed by atoms with Gasteiger partial charge < -0.3 is 4.74 Å². The number of hydrogen-bond donors (Lipinski definition) is 0. The largest absolute Gasteiger partial charge is 0.476 e. The molecule has 1 aliphatic heterocycles. The van der Waals surface area contributed by atoms with Gasteiger partial charge in [-0.05, 0) is 12.1 Å². The first-order valence-electron chi connectivity index (χ1n) is 5.19. The fourth-order valence-corrected chi connectivity index (χ4v) is 1.81. The van der Waals surface area contributed by atoms with Gasteiger partial charge in [-0.2, -0.15) is 5.10 Å². The van der Waals surface area contributed by atoms with Gasteiger partial charge in [-0.1, -0.05) is 0 Å². The summed E-state index contributed by atoms with van der Waals surface area (Å²) in [7, 11) is 0. The molecule has 2 heterocycles. The quantitative estimate of drug-likeness (QED) is 0.584. The molecule has 1 aliphatic rings. The molecule has 3 rings (SSSR count). The summed E-state index contributed by atoms with van der Waals surface area (Å²) in [5.74, 6) is 0.748. The molecular weight excluding hydrogens is 222 g/mol. The van der Waals surface area contributed by atoms with Crippen LogP contribution in [0.15, 0.2) is 30.3 Å². The lowest BCUT2D eigenvalue weighted by Gasteiger charge is -1.96. The summed E-state index contributed by atoms with van der Waals surface area (Å²) in [6, 6.07) is 8.17. The standard InChI is InChI=1S/C11H9N3O3/c15-14(16)9-3-1-8(2-4-9)10-7-11-13(12-10)5-6-17-11/h1-4,7H,5-6H2. The van der Waals surface area contributed by atoms with E-state index in [1.54, 1.807) is 16.8 Å². The number of benzene rings is 1. The second-order valence-electron chi connectivity index (χ2n) is 3.74. The average Bonchev–Trinajstić information content (AvgIpc) is 2.89. The Morgan fingerprint density at radius 1 is 1.35 bits per heavy atom. The van der Waals surface area contributed by atoms with E-state index in [4.69, 9.17) is 4.74 Å². The number of rotatable bonds is 2. The van der Waals surface area contributed by atoms with Gasteiger partial charge in [0.15, 0.2) is 0 Å². The van der Waals surface area contributed by atoms with Crippen molar-refractivity contribution in [2.24, 2.45) is 0 Å². The fraction of sp³-hybridized carbons (Fsp3) is 0.182. The Morgan fingerprint density at radius 3 is 2.76 bits per heavy atom. The number of ether oxygens (including phenoxy) is 1. The maximum Gasteiger partial charge on any atom is 0.269 e. The van der Waals surface area contributed by atoms with Crippen LogP contribution >= 0.6 is 0 Å². The zero-order chi connectivity index (χ0) is 11.8. The van der Waals surface area contributed by atoms with Crippen molar-refractivity contribution >= 4 is 5.69 Å². The molecule has 6 heteroatoms. The van der Waals surface area contributed by atoms with Crippen LogP contribution in [-0.4, -0.2) is 21.3 Å². The zero-order valence-electron chi connectivity index (χ0n) is 8.87. The molecule has 0 saturated carbocycles. The highest BCUT2D eigenvalue weighted by molar-refractivity contribution is 5.62. The second kappa shape index (κ2) is 3.58. The van der Waals surface area contributed by atoms with Crippen molar-refractivity contribution in [3.8, 4) is 17.1 Å². The summed E-state index contributed by atoms with van der Waals surface area (Å²) in [5.41, 5.74) is 1.70. The van der Waals surface area contributed by atoms with Crippen molar-refractivity contribution in [2.45, 2.75) is 6.54 Å². The number of fused-ring (bicyclic) bond motifs is 1. The third-order valence-electron chi connectivity index (χ3n) is 2.67. The summed E-state index contributed by atoms with van der Waals surface area (Å²) in [6.45, 7) is 1.41. The average molecular weight is 231 g/mol. The van der Waals surface area contributed by atoms with E-state index in [1.165, 1.54) is 12.1 Å². The van der Waals surface area contributed by atoms with E-state index in [2.05, 4.69) is 5.10 Å². The van der Waals surface area contributed by atoms with Crippen LogP contribution in [0, 0.1) is 10.1 Å². The number of hydrogen-bond acceptors (Lipinski definition) is 4. The Morgan fingerprint density at radius 2 is 2.12 bits per heavy atom. The monoisotopic (exact) mass is 231 g/mol. The minimum Gasteiger partial charge on any atom is -0.476 e. The lowest BCUT2D eigenvalue weighted by Crippen LogP contribution is -1.96. The van der Waals surface area contributed by atoms with E-state index >= 15 is 0 Å². The third kappa shape index (κ3) is 1.63. The SMILES string of the molecule is O=[N+]([O-])c1ccc(-c2cc3n(n2)CCO3)cc1. The van der Waals surface area contributed by atoms with Gasteiger partial charge in [-0.15, -0.1) is 0 Å². The maximum absolute atomic E-state index is 10.5. The van der Waals surface area contributed by atoms with Crippen molar-refractivity contribution in [1.29, 1.82) is 0 Å². The van der Waals surface area contributed by atoms with Crippen LogP contribution in [-0.2, 0) is 6.54 Å². The van der Waals surface area contributed by atoms with Crippen molar-refractivity contribution in [1.82, 2.24) is 9.78 Å². The van der Waals surface area contributed by atoms with Crippen LogP contribution < -0.4 is 4.74 Å². The number of nitro groups is 1. The minimum absolute atomic E-state index is 0.0803. The first-order valence-corrected chi connectivity index (χ1v) is 5.19. The van der Waals surface area contributed by atoms with Gasteiger partial charge in [0.05, 0.1) is 17.2 Å². The summed E-state index contributed by atoms with van der Waals surface area (Å²) >= 11 is 0. The van der Waals surface area contributed by atoms with Crippen LogP contribution in [0.2, 0.25) is 0 Å². The first-order chi connectivity index (χ1) is 8.24. The lowest BCUT2D eigenvalue weighted by atomic mass is 10.1. The van der Waals surface area contributed by atoms with Gasteiger partial charge in [0.1, 0.15) is 6.61 Å². The normalized spacial score (nSPS) is 13.2. The van der Waals surface area contributed by atoms with Gasteiger partial charge in [0, 0.05) is 23.8 Å². The molecule has 1 aromatic carbocycles. The highest BCUT2D eigenvalue weighted by Gasteiger charge is 2.16. The Kier molecular flexibility index (Phi) is 2.07. The molecule has 0 amide bonds. The summed E-state index contributed by atoms with van der Waals surface area (Å²) in [6.07, 6.45) is 0. The molecule has 0 radical (unpaired) electrons. The fourth-order valence-electron chi connectivity index (χ4n) is 1.81. The predicted molar refractivity (Wildman–Crippen MR) is 59.8 cm³/mol. The van der Waals surface area contributed by atoms with Gasteiger partial charge in [0.2, 0.25) is 5.88 Å². The third-order valence-corrected chi connectivity index (χ3v) is 2.67. The molecule has 2 aromatic rings. The van der Waals surface area contributed by atoms with E-state index in [0.29, 0.717) is 6.61 Å². The Bertz CT molecular complexity index is 553. The molecular formula is C11H9N3O3. The van der Waals surface area contributed by atoms with E-state index in [0.717, 1.165) is 23.7 Å². The topological polar surface area (TPSA) is 70.2 Å². The molecule has 0 aliphatic carbocycles. The lowest BCUT2D eigenvalue weighted by molar-refractivity contribution is -0.384. The summed E-state index contributed by atoms with van der Waals surface area (Å²) in [5, 5.41) is 14.9. The Hall–Kier alpha value is -2.37. The van der Waals surface area contributed by atoms with Gasteiger partial charge in [-0.25, -0.2) is 4.68 Å². The van der Waals surface area contributed by atoms with Crippen molar-refractivity contribution in [3.05, 3.63) is 40.4 Å². The van der Waals surface area contributed by atoms with Crippen LogP contribution in [0.5, 0.6) is 5.88 Å². The molecule has 1 aromatic heterocycles. The second-order valence-corrected chi connectivity index (χ2v) is 3.74. The highest BCUT2D eigenvalue weighted by atomic mass is 16.6. The van der Waals surface area contributed by atoms with Crippen LogP contribution in [0.1, 0.15) is 0 Å². The number of nitrogens with zero attached hydrogens (tertiary/aromatic N) is 3. The summed E-state index contributed by atoms with van der Waals surface area (Å²) < 4.78 is 7.14. The maximum atomic E-state index is 10.5. The van der Waals surface area contributed by atoms with Gasteiger partial charge in [-0.3, -0.25) is 10.1 Å². The first kappa shape index (κ1) is 9.83. The number of aromatic nitrogens is 2. The molecule has 0 N–H and O–H groups in total. The van der Waals surface area contributed by atoms with E-state index in [-0.39, 0.29) is 5.69 Å². The van der Waals surface area contributed by atoms with E-state index in [1.807, 2.05) is 6.07 Å². The molecule has 6 nitrogen and oxygen atoms in total. The molecule has 0 unspecified atom stereocenters. The number of nitro benzene ring substituents is 1. The number of non-ortho nitro benzene ring substituents is 1. The Balaban J connectivity index is 1.95. The molecule has 0 saturated heterocycles. The van der Waals surface area contributed by atoms with Crippen molar-refractivity contribution in [2.75, 3.05) is 6.61 Å². The zero-order valence-corrected chi connectivity index (χ0v) is 8.87. The van der Waals surface area contributed by atoms with Crippen molar-refractivity contribution in [3.63, 3.8) is 0 Å². The molecule has 86 valence electrons. The molecule has 17 heavy (non-hydrogen) atoms. The molecule has 0 bridgehead atoms. The summed E-state index contributed by atoms with van der Waals surface area (Å²) in [4.78, 5) is 10.1. The molecule has 0 fully saturated rings.